The average Bonchev–Trinajstić information content (AvgIpc) is 2.70. The molecular formula is C9H8N3NaO2S2. The second-order valence-corrected chi connectivity index (χ2v) is 5.43. The van der Waals surface area contributed by atoms with Crippen molar-refractivity contribution in [2.24, 2.45) is 0 Å². The minimum atomic E-state index is -3.68. The first-order valence-corrected chi connectivity index (χ1v) is 6.63. The molecule has 1 aromatic heterocycles. The first-order valence-electron chi connectivity index (χ1n) is 4.31. The van der Waals surface area contributed by atoms with Crippen molar-refractivity contribution in [3.05, 3.63) is 40.6 Å². The van der Waals surface area contributed by atoms with Crippen LogP contribution in [-0.2, 0) is 10.0 Å². The zero-order valence-corrected chi connectivity index (χ0v) is 12.7. The van der Waals surface area contributed by atoms with Crippen LogP contribution in [0.5, 0.6) is 0 Å². The molecule has 84 valence electrons. The molecule has 2 N–H and O–H groups in total. The van der Waals surface area contributed by atoms with Crippen LogP contribution in [0.1, 0.15) is 0 Å². The fourth-order valence-corrected chi connectivity index (χ4v) is 2.73. The Hall–Kier alpha value is -0.600. The zero-order valence-electron chi connectivity index (χ0n) is 9.07. The van der Waals surface area contributed by atoms with E-state index in [2.05, 4.69) is 9.71 Å². The molecule has 0 aliphatic rings. The summed E-state index contributed by atoms with van der Waals surface area (Å²) in [5.41, 5.74) is 5.98. The van der Waals surface area contributed by atoms with E-state index < -0.39 is 10.0 Å². The number of aromatic nitrogens is 1. The molecule has 17 heavy (non-hydrogen) atoms. The number of benzene rings is 1. The molecule has 0 unspecified atom stereocenters. The van der Waals surface area contributed by atoms with Gasteiger partial charge in [-0.3, -0.25) is 0 Å². The van der Waals surface area contributed by atoms with Crippen molar-refractivity contribution in [2.75, 3.05) is 5.73 Å². The summed E-state index contributed by atoms with van der Waals surface area (Å²) < 4.78 is 27.1. The summed E-state index contributed by atoms with van der Waals surface area (Å²) in [6.45, 7) is 0. The molecule has 0 spiro atoms. The SMILES string of the molecule is Nc1ccc(S(=O)(=O)[N-]c2nccs2)cc1.[Na+]. The van der Waals surface area contributed by atoms with Crippen molar-refractivity contribution in [1.82, 2.24) is 4.98 Å². The molecule has 2 rings (SSSR count). The van der Waals surface area contributed by atoms with Gasteiger partial charge in [-0.05, 0) is 29.6 Å². The van der Waals surface area contributed by atoms with Crippen molar-refractivity contribution in [1.29, 1.82) is 0 Å². The number of thiazole rings is 1. The molecule has 0 bridgehead atoms. The van der Waals surface area contributed by atoms with Crippen LogP contribution in [0.3, 0.4) is 0 Å². The molecule has 1 aromatic carbocycles. The second-order valence-electron chi connectivity index (χ2n) is 2.95. The van der Waals surface area contributed by atoms with Crippen LogP contribution in [0.15, 0.2) is 40.7 Å². The van der Waals surface area contributed by atoms with E-state index in [1.165, 1.54) is 41.8 Å². The molecule has 0 atom stereocenters. The van der Waals surface area contributed by atoms with Gasteiger partial charge in [0.05, 0.1) is 4.90 Å². The van der Waals surface area contributed by atoms with Gasteiger partial charge in [-0.15, -0.1) is 0 Å². The van der Waals surface area contributed by atoms with E-state index in [9.17, 15) is 8.42 Å². The van der Waals surface area contributed by atoms with Gasteiger partial charge in [-0.25, -0.2) is 8.42 Å². The maximum absolute atomic E-state index is 11.8. The average molecular weight is 277 g/mol. The van der Waals surface area contributed by atoms with Crippen molar-refractivity contribution < 1.29 is 38.0 Å². The van der Waals surface area contributed by atoms with Crippen LogP contribution in [0.4, 0.5) is 10.8 Å². The first kappa shape index (κ1) is 14.5. The molecule has 5 nitrogen and oxygen atoms in total. The quantitative estimate of drug-likeness (QED) is 0.583. The second kappa shape index (κ2) is 5.83. The van der Waals surface area contributed by atoms with Crippen LogP contribution in [0.2, 0.25) is 0 Å². The predicted molar refractivity (Wildman–Crippen MR) is 63.2 cm³/mol. The van der Waals surface area contributed by atoms with Crippen molar-refractivity contribution >= 4 is 32.2 Å². The van der Waals surface area contributed by atoms with E-state index in [0.717, 1.165) is 0 Å². The fraction of sp³-hybridized carbons (Fsp3) is 0. The number of nitrogens with zero attached hydrogens (tertiary/aromatic N) is 2. The summed E-state index contributed by atoms with van der Waals surface area (Å²) in [5, 5.41) is 1.88. The van der Waals surface area contributed by atoms with Gasteiger partial charge in [-0.2, -0.15) is 11.3 Å². The van der Waals surface area contributed by atoms with Gasteiger partial charge in [0.1, 0.15) is 0 Å². The number of hydrogen-bond donors (Lipinski definition) is 1. The van der Waals surface area contributed by atoms with Crippen LogP contribution < -0.4 is 35.3 Å². The number of hydrogen-bond acceptors (Lipinski definition) is 5. The normalized spacial score (nSPS) is 10.6. The molecule has 8 heteroatoms. The Balaban J connectivity index is 0.00000144. The largest absolute Gasteiger partial charge is 1.00 e. The van der Waals surface area contributed by atoms with Crippen LogP contribution in [0, 0.1) is 0 Å². The molecule has 1 heterocycles. The van der Waals surface area contributed by atoms with Gasteiger partial charge < -0.3 is 15.4 Å². The molecule has 0 aliphatic heterocycles. The summed E-state index contributed by atoms with van der Waals surface area (Å²) in [7, 11) is -3.68. The number of anilines is 1. The van der Waals surface area contributed by atoms with Gasteiger partial charge in [0, 0.05) is 10.8 Å². The minimum Gasteiger partial charge on any atom is -0.433 e. The van der Waals surface area contributed by atoms with Gasteiger partial charge in [0.2, 0.25) is 10.0 Å². The third-order valence-corrected chi connectivity index (χ3v) is 3.86. The van der Waals surface area contributed by atoms with Crippen molar-refractivity contribution in [2.45, 2.75) is 4.90 Å². The monoisotopic (exact) mass is 277 g/mol. The van der Waals surface area contributed by atoms with Gasteiger partial charge >= 0.3 is 29.6 Å². The standard InChI is InChI=1S/C9H8N3O2S2.Na/c10-7-1-3-8(4-2-7)16(13,14)12-9-11-5-6-15-9;/h1-6H,10H2;/q-1;+1. The van der Waals surface area contributed by atoms with Gasteiger partial charge in [0.15, 0.2) is 0 Å². The maximum atomic E-state index is 11.8. The third-order valence-electron chi connectivity index (χ3n) is 1.80. The number of nitrogen functional groups attached to an aromatic ring is 1. The molecule has 0 radical (unpaired) electrons. The number of sulfonamides is 1. The van der Waals surface area contributed by atoms with Crippen LogP contribution >= 0.6 is 11.3 Å². The van der Waals surface area contributed by atoms with Gasteiger partial charge in [0.25, 0.3) is 0 Å². The molecule has 0 fully saturated rings. The summed E-state index contributed by atoms with van der Waals surface area (Å²) in [5.74, 6) is 0. The summed E-state index contributed by atoms with van der Waals surface area (Å²) in [6.07, 6.45) is 1.50. The predicted octanol–water partition coefficient (Wildman–Crippen LogP) is -0.877. The molecule has 0 amide bonds. The minimum absolute atomic E-state index is 0. The molecular weight excluding hydrogens is 269 g/mol. The molecule has 0 aliphatic carbocycles. The van der Waals surface area contributed by atoms with E-state index in [0.29, 0.717) is 5.69 Å². The maximum Gasteiger partial charge on any atom is 1.00 e. The zero-order chi connectivity index (χ0) is 11.6. The summed E-state index contributed by atoms with van der Waals surface area (Å²) in [6, 6.07) is 5.87. The fourth-order valence-electron chi connectivity index (χ4n) is 1.06. The summed E-state index contributed by atoms with van der Waals surface area (Å²) in [4.78, 5) is 3.90. The van der Waals surface area contributed by atoms with Crippen LogP contribution in [0.25, 0.3) is 4.72 Å². The van der Waals surface area contributed by atoms with Crippen molar-refractivity contribution in [3.63, 3.8) is 0 Å². The number of nitrogens with two attached hydrogens (primary N) is 1. The smallest absolute Gasteiger partial charge is 0.433 e. The third kappa shape index (κ3) is 3.68. The van der Waals surface area contributed by atoms with Crippen LogP contribution in [-0.4, -0.2) is 13.4 Å². The Morgan fingerprint density at radius 2 is 1.88 bits per heavy atom. The van der Waals surface area contributed by atoms with E-state index in [4.69, 9.17) is 5.73 Å². The van der Waals surface area contributed by atoms with Crippen molar-refractivity contribution in [3.8, 4) is 0 Å². The van der Waals surface area contributed by atoms with E-state index >= 15 is 0 Å². The number of rotatable bonds is 3. The van der Waals surface area contributed by atoms with E-state index in [1.54, 1.807) is 5.38 Å². The van der Waals surface area contributed by atoms with E-state index in [1.807, 2.05) is 0 Å². The molecule has 0 saturated carbocycles. The van der Waals surface area contributed by atoms with Gasteiger partial charge in [-0.1, -0.05) is 6.20 Å². The Kier molecular flexibility index (Phi) is 4.96. The molecule has 0 saturated heterocycles. The summed E-state index contributed by atoms with van der Waals surface area (Å²) >= 11 is 1.17. The Morgan fingerprint density at radius 3 is 2.41 bits per heavy atom. The topological polar surface area (TPSA) is 87.2 Å². The Morgan fingerprint density at radius 1 is 1.24 bits per heavy atom. The Labute approximate surface area is 125 Å². The first-order chi connectivity index (χ1) is 7.58. The molecule has 2 aromatic rings. The van der Waals surface area contributed by atoms with E-state index in [-0.39, 0.29) is 39.6 Å². The Bertz CT molecular complexity index is 567.